The first-order valence-electron chi connectivity index (χ1n) is 9.04. The Morgan fingerprint density at radius 3 is 2.33 bits per heavy atom. The summed E-state index contributed by atoms with van der Waals surface area (Å²) in [6.45, 7) is 5.23. The molecule has 0 aliphatic rings. The van der Waals surface area contributed by atoms with Crippen molar-refractivity contribution in [2.24, 2.45) is 0 Å². The topological polar surface area (TPSA) is 60.0 Å². The molecule has 0 saturated heterocycles. The van der Waals surface area contributed by atoms with E-state index < -0.39 is 0 Å². The number of para-hydroxylation sites is 2. The molecular formula is C21H26BrN3O2. The molecule has 5 nitrogen and oxygen atoms in total. The van der Waals surface area contributed by atoms with Gasteiger partial charge in [0.15, 0.2) is 0 Å². The number of benzene rings is 2. The summed E-state index contributed by atoms with van der Waals surface area (Å²) in [4.78, 5) is 12.2. The molecule has 0 atom stereocenters. The summed E-state index contributed by atoms with van der Waals surface area (Å²) >= 11 is 0. The van der Waals surface area contributed by atoms with Gasteiger partial charge in [-0.3, -0.25) is 14.8 Å². The largest absolute Gasteiger partial charge is 0.464 e. The molecule has 27 heavy (non-hydrogen) atoms. The van der Waals surface area contributed by atoms with E-state index >= 15 is 0 Å². The Kier molecular flexibility index (Phi) is 7.42. The second-order valence-electron chi connectivity index (χ2n) is 6.49. The molecule has 0 aliphatic heterocycles. The molecule has 0 saturated carbocycles. The summed E-state index contributed by atoms with van der Waals surface area (Å²) in [6, 6.07) is 16.0. The van der Waals surface area contributed by atoms with Crippen LogP contribution in [-0.4, -0.2) is 21.7 Å². The average Bonchev–Trinajstić information content (AvgIpc) is 2.90. The van der Waals surface area contributed by atoms with Crippen molar-refractivity contribution in [1.29, 1.82) is 5.41 Å². The van der Waals surface area contributed by atoms with Gasteiger partial charge < -0.3 is 9.30 Å². The third-order valence-electron chi connectivity index (χ3n) is 4.61. The molecule has 0 radical (unpaired) electrons. The molecule has 0 fully saturated rings. The number of hydrogen-bond acceptors (Lipinski definition) is 3. The van der Waals surface area contributed by atoms with Gasteiger partial charge in [0.2, 0.25) is 5.62 Å². The highest BCUT2D eigenvalue weighted by Crippen LogP contribution is 2.16. The first kappa shape index (κ1) is 21.0. The zero-order chi connectivity index (χ0) is 18.5. The third-order valence-corrected chi connectivity index (χ3v) is 4.61. The van der Waals surface area contributed by atoms with E-state index in [0.29, 0.717) is 18.8 Å². The van der Waals surface area contributed by atoms with Crippen LogP contribution in [-0.2, 0) is 22.6 Å². The van der Waals surface area contributed by atoms with Crippen LogP contribution in [0.1, 0.15) is 30.9 Å². The Balaban J connectivity index is 0.00000261. The maximum absolute atomic E-state index is 12.2. The SMILES string of the molecule is Br.CCCCOC(=O)Cn1c(=N)n(Cc2ccccc2C)c2ccccc21. The fourth-order valence-corrected chi connectivity index (χ4v) is 3.08. The van der Waals surface area contributed by atoms with E-state index in [9.17, 15) is 4.79 Å². The molecule has 0 amide bonds. The summed E-state index contributed by atoms with van der Waals surface area (Å²) < 4.78 is 8.95. The van der Waals surface area contributed by atoms with Gasteiger partial charge in [0, 0.05) is 0 Å². The summed E-state index contributed by atoms with van der Waals surface area (Å²) in [5, 5.41) is 8.62. The Morgan fingerprint density at radius 1 is 1.04 bits per heavy atom. The van der Waals surface area contributed by atoms with Crippen molar-refractivity contribution in [3.63, 3.8) is 0 Å². The number of hydrogen-bond donors (Lipinski definition) is 1. The van der Waals surface area contributed by atoms with Gasteiger partial charge in [-0.1, -0.05) is 49.7 Å². The number of carbonyl (C=O) groups is 1. The van der Waals surface area contributed by atoms with E-state index in [1.807, 2.05) is 41.0 Å². The molecule has 2 aromatic carbocycles. The van der Waals surface area contributed by atoms with E-state index in [1.54, 1.807) is 4.57 Å². The number of nitrogens with one attached hydrogen (secondary N) is 1. The van der Waals surface area contributed by atoms with E-state index in [1.165, 1.54) is 11.1 Å². The number of rotatable bonds is 7. The maximum Gasteiger partial charge on any atom is 0.326 e. The van der Waals surface area contributed by atoms with Crippen molar-refractivity contribution >= 4 is 34.0 Å². The van der Waals surface area contributed by atoms with Crippen LogP contribution in [0.15, 0.2) is 48.5 Å². The highest BCUT2D eigenvalue weighted by atomic mass is 79.9. The fraction of sp³-hybridized carbons (Fsp3) is 0.333. The standard InChI is InChI=1S/C21H25N3O2.BrH/c1-3-4-13-26-20(25)15-24-19-12-8-7-11-18(19)23(21(24)22)14-17-10-6-5-9-16(17)2;/h5-12,22H,3-4,13-15H2,1-2H3;1H. The lowest BCUT2D eigenvalue weighted by atomic mass is 10.1. The van der Waals surface area contributed by atoms with Crippen LogP contribution in [0, 0.1) is 12.3 Å². The van der Waals surface area contributed by atoms with Crippen LogP contribution < -0.4 is 5.62 Å². The molecule has 6 heteroatoms. The number of fused-ring (bicyclic) bond motifs is 1. The number of halogens is 1. The molecule has 3 rings (SSSR count). The van der Waals surface area contributed by atoms with Crippen LogP contribution in [0.5, 0.6) is 0 Å². The highest BCUT2D eigenvalue weighted by Gasteiger charge is 2.14. The van der Waals surface area contributed by atoms with Gasteiger partial charge in [-0.2, -0.15) is 0 Å². The van der Waals surface area contributed by atoms with Gasteiger partial charge >= 0.3 is 5.97 Å². The van der Waals surface area contributed by atoms with Gasteiger partial charge in [0.05, 0.1) is 24.2 Å². The number of imidazole rings is 1. The van der Waals surface area contributed by atoms with Crippen molar-refractivity contribution in [3.05, 3.63) is 65.3 Å². The number of esters is 1. The molecule has 0 aliphatic carbocycles. The number of nitrogens with zero attached hydrogens (tertiary/aromatic N) is 2. The van der Waals surface area contributed by atoms with Crippen LogP contribution in [0.3, 0.4) is 0 Å². The van der Waals surface area contributed by atoms with Gasteiger partial charge in [-0.05, 0) is 36.6 Å². The molecule has 3 aromatic rings. The highest BCUT2D eigenvalue weighted by molar-refractivity contribution is 8.93. The van der Waals surface area contributed by atoms with Crippen LogP contribution in [0.25, 0.3) is 11.0 Å². The minimum atomic E-state index is -0.296. The zero-order valence-corrected chi connectivity index (χ0v) is 17.5. The Bertz CT molecular complexity index is 975. The molecule has 0 spiro atoms. The monoisotopic (exact) mass is 431 g/mol. The minimum absolute atomic E-state index is 0. The first-order chi connectivity index (χ1) is 12.6. The summed E-state index contributed by atoms with van der Waals surface area (Å²) in [7, 11) is 0. The van der Waals surface area contributed by atoms with Gasteiger partial charge in [-0.25, -0.2) is 0 Å². The molecule has 0 bridgehead atoms. The molecule has 1 N–H and O–H groups in total. The number of carbonyl (C=O) groups excluding carboxylic acids is 1. The minimum Gasteiger partial charge on any atom is -0.464 e. The van der Waals surface area contributed by atoms with E-state index in [2.05, 4.69) is 26.0 Å². The van der Waals surface area contributed by atoms with Gasteiger partial charge in [0.1, 0.15) is 6.54 Å². The number of ether oxygens (including phenoxy) is 1. The molecule has 1 heterocycles. The van der Waals surface area contributed by atoms with Crippen molar-refractivity contribution in [2.75, 3.05) is 6.61 Å². The lowest BCUT2D eigenvalue weighted by Crippen LogP contribution is -2.28. The Labute approximate surface area is 169 Å². The number of aromatic nitrogens is 2. The number of unbranched alkanes of at least 4 members (excludes halogenated alkanes) is 1. The zero-order valence-electron chi connectivity index (χ0n) is 15.8. The summed E-state index contributed by atoms with van der Waals surface area (Å²) in [6.07, 6.45) is 1.85. The normalized spacial score (nSPS) is 10.6. The smallest absolute Gasteiger partial charge is 0.326 e. The third kappa shape index (κ3) is 4.69. The lowest BCUT2D eigenvalue weighted by molar-refractivity contribution is -0.144. The van der Waals surface area contributed by atoms with Crippen molar-refractivity contribution in [1.82, 2.24) is 9.13 Å². The van der Waals surface area contributed by atoms with E-state index in [-0.39, 0.29) is 29.5 Å². The molecule has 0 unspecified atom stereocenters. The van der Waals surface area contributed by atoms with Crippen molar-refractivity contribution in [3.8, 4) is 0 Å². The second kappa shape index (κ2) is 9.55. The van der Waals surface area contributed by atoms with Gasteiger partial charge in [0.25, 0.3) is 0 Å². The van der Waals surface area contributed by atoms with Gasteiger partial charge in [-0.15, -0.1) is 17.0 Å². The lowest BCUT2D eigenvalue weighted by Gasteiger charge is -2.08. The van der Waals surface area contributed by atoms with Crippen LogP contribution >= 0.6 is 17.0 Å². The second-order valence-corrected chi connectivity index (χ2v) is 6.49. The maximum atomic E-state index is 12.2. The predicted octanol–water partition coefficient (Wildman–Crippen LogP) is 4.20. The van der Waals surface area contributed by atoms with E-state index in [0.717, 1.165) is 23.9 Å². The Morgan fingerprint density at radius 2 is 1.67 bits per heavy atom. The van der Waals surface area contributed by atoms with Crippen molar-refractivity contribution < 1.29 is 9.53 Å². The number of aryl methyl sites for hydroxylation is 1. The average molecular weight is 432 g/mol. The Hall–Kier alpha value is -2.34. The van der Waals surface area contributed by atoms with E-state index in [4.69, 9.17) is 10.1 Å². The predicted molar refractivity (Wildman–Crippen MR) is 112 cm³/mol. The fourth-order valence-electron chi connectivity index (χ4n) is 3.08. The quantitative estimate of drug-likeness (QED) is 0.450. The van der Waals surface area contributed by atoms with Crippen molar-refractivity contribution in [2.45, 2.75) is 39.8 Å². The first-order valence-corrected chi connectivity index (χ1v) is 9.04. The molecular weight excluding hydrogens is 406 g/mol. The molecule has 1 aromatic heterocycles. The summed E-state index contributed by atoms with van der Waals surface area (Å²) in [5.74, 6) is -0.296. The van der Waals surface area contributed by atoms with Crippen LogP contribution in [0.2, 0.25) is 0 Å². The summed E-state index contributed by atoms with van der Waals surface area (Å²) in [5.41, 5.74) is 4.48. The molecule has 144 valence electrons. The van der Waals surface area contributed by atoms with Crippen LogP contribution in [0.4, 0.5) is 0 Å².